The monoisotopic (exact) mass is 414 g/mol. The summed E-state index contributed by atoms with van der Waals surface area (Å²) in [4.78, 5) is 13.3. The number of aliphatic hydroxyl groups is 1. The van der Waals surface area contributed by atoms with E-state index in [1.165, 1.54) is 55.0 Å². The van der Waals surface area contributed by atoms with Gasteiger partial charge in [0.25, 0.3) is 0 Å². The van der Waals surface area contributed by atoms with Gasteiger partial charge in [-0.05, 0) is 41.8 Å². The van der Waals surface area contributed by atoms with E-state index in [-0.39, 0.29) is 17.2 Å². The van der Waals surface area contributed by atoms with Crippen LogP contribution >= 0.6 is 0 Å². The van der Waals surface area contributed by atoms with Gasteiger partial charge >= 0.3 is 5.97 Å². The van der Waals surface area contributed by atoms with Crippen molar-refractivity contribution in [2.45, 2.75) is 43.1 Å². The molecule has 1 unspecified atom stereocenters. The van der Waals surface area contributed by atoms with Gasteiger partial charge in [-0.3, -0.25) is 0 Å². The quantitative estimate of drug-likeness (QED) is 0.617. The first-order chi connectivity index (χ1) is 14.2. The molecule has 2 heterocycles. The molecule has 1 aliphatic carbocycles. The second-order valence-electron chi connectivity index (χ2n) is 9.55. The van der Waals surface area contributed by atoms with Gasteiger partial charge < -0.3 is 14.3 Å². The van der Waals surface area contributed by atoms with Gasteiger partial charge in [-0.2, -0.15) is 0 Å². The van der Waals surface area contributed by atoms with Crippen LogP contribution in [0.25, 0.3) is 0 Å². The van der Waals surface area contributed by atoms with Crippen molar-refractivity contribution in [1.29, 1.82) is 0 Å². The highest BCUT2D eigenvalue weighted by Gasteiger charge is 2.68. The lowest BCUT2D eigenvalue weighted by Gasteiger charge is -2.46. The van der Waals surface area contributed by atoms with Crippen LogP contribution in [0.15, 0.2) is 48.5 Å². The summed E-state index contributed by atoms with van der Waals surface area (Å²) in [5.74, 6) is -0.331. The highest BCUT2D eigenvalue weighted by molar-refractivity contribution is 5.85. The average molecular weight is 414 g/mol. The average Bonchev–Trinajstić information content (AvgIpc) is 3.47. The molecule has 3 fully saturated rings. The van der Waals surface area contributed by atoms with Crippen LogP contribution in [0.1, 0.15) is 30.4 Å². The lowest BCUT2D eigenvalue weighted by molar-refractivity contribution is -0.937. The standard InChI is InChI=1S/C24H26F2NO3/c1-27(2)21-11-18(12-22(27)20-13-19(20)21)30-23(28)24(29,14-3-7-16(25)8-4-14)15-5-9-17(26)10-6-15/h3-10,18-22,29H,11-13H2,1-2H3/q+1/t18?,19-,20+,21-,22+. The van der Waals surface area contributed by atoms with Crippen LogP contribution < -0.4 is 0 Å². The first kappa shape index (κ1) is 19.6. The number of esters is 1. The number of hydrogen-bond donors (Lipinski definition) is 1. The molecule has 2 saturated heterocycles. The Kier molecular flexibility index (Phi) is 4.32. The van der Waals surface area contributed by atoms with E-state index < -0.39 is 23.2 Å². The smallest absolute Gasteiger partial charge is 0.347 e. The van der Waals surface area contributed by atoms with E-state index in [1.54, 1.807) is 0 Å². The summed E-state index contributed by atoms with van der Waals surface area (Å²) in [5, 5.41) is 11.5. The van der Waals surface area contributed by atoms with Gasteiger partial charge in [0, 0.05) is 24.7 Å². The fourth-order valence-electron chi connectivity index (χ4n) is 6.00. The molecule has 0 spiro atoms. The number of carbonyl (C=O) groups is 1. The molecule has 0 aromatic heterocycles. The number of rotatable bonds is 4. The Labute approximate surface area is 174 Å². The SMILES string of the molecule is C[N+]1(C)[C@@H]2CC(OC(=O)C(O)(c3ccc(F)cc3)c3ccc(F)cc3)C[C@H]1[C@H]1C[C@H]12. The van der Waals surface area contributed by atoms with Crippen molar-refractivity contribution in [1.82, 2.24) is 0 Å². The van der Waals surface area contributed by atoms with E-state index in [1.807, 2.05) is 0 Å². The van der Waals surface area contributed by atoms with Crippen LogP contribution in [0.5, 0.6) is 0 Å². The highest BCUT2D eigenvalue weighted by Crippen LogP contribution is 2.61. The molecule has 6 heteroatoms. The molecule has 1 N–H and O–H groups in total. The molecule has 2 aliphatic heterocycles. The van der Waals surface area contributed by atoms with Gasteiger partial charge in [0.2, 0.25) is 5.60 Å². The number of nitrogens with zero attached hydrogens (tertiary/aromatic N) is 1. The zero-order chi connectivity index (χ0) is 21.3. The lowest BCUT2D eigenvalue weighted by atomic mass is 9.86. The van der Waals surface area contributed by atoms with Crippen LogP contribution in [0.3, 0.4) is 0 Å². The number of benzene rings is 2. The maximum atomic E-state index is 13.5. The molecular formula is C24H26F2NO3+. The third-order valence-corrected chi connectivity index (χ3v) is 7.69. The topological polar surface area (TPSA) is 46.5 Å². The third-order valence-electron chi connectivity index (χ3n) is 7.69. The van der Waals surface area contributed by atoms with Gasteiger partial charge in [-0.1, -0.05) is 24.3 Å². The summed E-state index contributed by atoms with van der Waals surface area (Å²) in [7, 11) is 4.51. The molecule has 3 aliphatic rings. The Balaban J connectivity index is 1.44. The molecule has 0 radical (unpaired) electrons. The fourth-order valence-corrected chi connectivity index (χ4v) is 6.00. The van der Waals surface area contributed by atoms with Gasteiger partial charge in [0.05, 0.1) is 26.2 Å². The van der Waals surface area contributed by atoms with Crippen molar-refractivity contribution in [2.24, 2.45) is 11.8 Å². The van der Waals surface area contributed by atoms with E-state index >= 15 is 0 Å². The van der Waals surface area contributed by atoms with Crippen molar-refractivity contribution in [2.75, 3.05) is 14.1 Å². The minimum absolute atomic E-state index is 0.193. The predicted molar refractivity (Wildman–Crippen MR) is 106 cm³/mol. The summed E-state index contributed by atoms with van der Waals surface area (Å²) >= 11 is 0. The van der Waals surface area contributed by atoms with Crippen LogP contribution in [0.2, 0.25) is 0 Å². The summed E-state index contributed by atoms with van der Waals surface area (Å²) in [6, 6.07) is 11.1. The molecule has 2 aromatic rings. The van der Waals surface area contributed by atoms with E-state index in [2.05, 4.69) is 14.1 Å². The van der Waals surface area contributed by atoms with Crippen LogP contribution in [0.4, 0.5) is 8.78 Å². The fraction of sp³-hybridized carbons (Fsp3) is 0.458. The minimum atomic E-state index is -2.13. The highest BCUT2D eigenvalue weighted by atomic mass is 19.1. The zero-order valence-electron chi connectivity index (χ0n) is 17.1. The Morgan fingerprint density at radius 2 is 1.33 bits per heavy atom. The van der Waals surface area contributed by atoms with Gasteiger partial charge in [-0.15, -0.1) is 0 Å². The Morgan fingerprint density at radius 1 is 0.900 bits per heavy atom. The minimum Gasteiger partial charge on any atom is -0.459 e. The summed E-state index contributed by atoms with van der Waals surface area (Å²) in [5.41, 5.74) is -1.75. The Bertz CT molecular complexity index is 907. The van der Waals surface area contributed by atoms with E-state index in [4.69, 9.17) is 4.74 Å². The predicted octanol–water partition coefficient (Wildman–Crippen LogP) is 3.37. The lowest BCUT2D eigenvalue weighted by Crippen LogP contribution is -2.59. The number of halogens is 2. The summed E-state index contributed by atoms with van der Waals surface area (Å²) < 4.78 is 33.8. The van der Waals surface area contributed by atoms with Crippen molar-refractivity contribution in [3.05, 3.63) is 71.3 Å². The molecule has 5 atom stereocenters. The molecule has 158 valence electrons. The van der Waals surface area contributed by atoms with E-state index in [0.29, 0.717) is 23.9 Å². The van der Waals surface area contributed by atoms with E-state index in [9.17, 15) is 18.7 Å². The van der Waals surface area contributed by atoms with Crippen LogP contribution in [-0.2, 0) is 15.1 Å². The molecule has 5 rings (SSSR count). The molecule has 30 heavy (non-hydrogen) atoms. The molecule has 4 nitrogen and oxygen atoms in total. The number of carbonyl (C=O) groups excluding carboxylic acids is 1. The maximum Gasteiger partial charge on any atom is 0.347 e. The molecular weight excluding hydrogens is 388 g/mol. The van der Waals surface area contributed by atoms with Crippen molar-refractivity contribution < 1.29 is 27.9 Å². The van der Waals surface area contributed by atoms with Crippen molar-refractivity contribution >= 4 is 5.97 Å². The number of hydrogen-bond acceptors (Lipinski definition) is 3. The normalized spacial score (nSPS) is 31.2. The molecule has 0 amide bonds. The van der Waals surface area contributed by atoms with Gasteiger partial charge in [-0.25, -0.2) is 13.6 Å². The zero-order valence-corrected chi connectivity index (χ0v) is 17.1. The third kappa shape index (κ3) is 2.88. The largest absolute Gasteiger partial charge is 0.459 e. The van der Waals surface area contributed by atoms with Gasteiger partial charge in [0.15, 0.2) is 0 Å². The van der Waals surface area contributed by atoms with Crippen molar-refractivity contribution in [3.63, 3.8) is 0 Å². The second kappa shape index (κ2) is 6.59. The number of piperidine rings is 2. The van der Waals surface area contributed by atoms with E-state index in [0.717, 1.165) is 17.3 Å². The second-order valence-corrected chi connectivity index (χ2v) is 9.55. The summed E-state index contributed by atoms with van der Waals surface area (Å²) in [6.45, 7) is 0. The van der Waals surface area contributed by atoms with Crippen molar-refractivity contribution in [3.8, 4) is 0 Å². The Hall–Kier alpha value is -2.31. The molecule has 2 aromatic carbocycles. The number of fused-ring (bicyclic) bond motifs is 5. The first-order valence-electron chi connectivity index (χ1n) is 10.5. The Morgan fingerprint density at radius 3 is 1.77 bits per heavy atom. The molecule has 2 bridgehead atoms. The number of quaternary nitrogens is 1. The molecule has 1 saturated carbocycles. The van der Waals surface area contributed by atoms with Crippen LogP contribution in [-0.4, -0.2) is 47.8 Å². The van der Waals surface area contributed by atoms with Crippen LogP contribution in [0, 0.1) is 23.5 Å². The summed E-state index contributed by atoms with van der Waals surface area (Å²) in [6.07, 6.45) is 2.56. The number of ether oxygens (including phenoxy) is 1. The first-order valence-corrected chi connectivity index (χ1v) is 10.5. The maximum absolute atomic E-state index is 13.5. The van der Waals surface area contributed by atoms with Gasteiger partial charge in [0.1, 0.15) is 17.7 Å².